The predicted molar refractivity (Wildman–Crippen MR) is 64.8 cm³/mol. The van der Waals surface area contributed by atoms with E-state index in [9.17, 15) is 4.79 Å². The molecule has 1 atom stereocenters. The van der Waals surface area contributed by atoms with E-state index in [1.54, 1.807) is 7.05 Å². The van der Waals surface area contributed by atoms with E-state index >= 15 is 0 Å². The SMILES string of the molecule is C=C/C=N\C1=C(N)CCC(N=[N+]=[N-])C(=O)N1C. The number of allylic oxidation sites excluding steroid dienone is 2. The van der Waals surface area contributed by atoms with Gasteiger partial charge < -0.3 is 5.73 Å². The van der Waals surface area contributed by atoms with Crippen molar-refractivity contribution >= 4 is 12.1 Å². The van der Waals surface area contributed by atoms with Crippen LogP contribution in [0.4, 0.5) is 0 Å². The molecule has 0 aromatic heterocycles. The molecule has 0 aliphatic carbocycles. The number of nitrogens with two attached hydrogens (primary N) is 1. The number of hydrogen-bond acceptors (Lipinski definition) is 4. The van der Waals surface area contributed by atoms with Gasteiger partial charge in [-0.1, -0.05) is 17.8 Å². The summed E-state index contributed by atoms with van der Waals surface area (Å²) in [5, 5.41) is 3.46. The van der Waals surface area contributed by atoms with Crippen LogP contribution >= 0.6 is 0 Å². The molecule has 90 valence electrons. The summed E-state index contributed by atoms with van der Waals surface area (Å²) in [5.41, 5.74) is 14.7. The van der Waals surface area contributed by atoms with E-state index in [-0.39, 0.29) is 5.91 Å². The van der Waals surface area contributed by atoms with Crippen LogP contribution in [0.2, 0.25) is 0 Å². The summed E-state index contributed by atoms with van der Waals surface area (Å²) < 4.78 is 0. The lowest BCUT2D eigenvalue weighted by atomic mass is 10.1. The summed E-state index contributed by atoms with van der Waals surface area (Å²) in [6.07, 6.45) is 3.81. The maximum Gasteiger partial charge on any atom is 0.236 e. The fourth-order valence-corrected chi connectivity index (χ4v) is 1.53. The molecule has 0 saturated heterocycles. The maximum absolute atomic E-state index is 11.9. The fraction of sp³-hybridized carbons (Fsp3) is 0.400. The number of nitrogens with zero attached hydrogens (tertiary/aromatic N) is 5. The third-order valence-electron chi connectivity index (χ3n) is 2.40. The highest BCUT2D eigenvalue weighted by Gasteiger charge is 2.27. The second-order valence-corrected chi connectivity index (χ2v) is 3.52. The highest BCUT2D eigenvalue weighted by Crippen LogP contribution is 2.21. The number of rotatable bonds is 3. The molecule has 0 radical (unpaired) electrons. The zero-order valence-electron chi connectivity index (χ0n) is 9.58. The predicted octanol–water partition coefficient (Wildman–Crippen LogP) is 1.30. The van der Waals surface area contributed by atoms with E-state index in [1.165, 1.54) is 17.2 Å². The second-order valence-electron chi connectivity index (χ2n) is 3.52. The van der Waals surface area contributed by atoms with Crippen LogP contribution in [0, 0.1) is 0 Å². The van der Waals surface area contributed by atoms with Crippen LogP contribution in [0.3, 0.4) is 0 Å². The number of carbonyl (C=O) groups excluding carboxylic acids is 1. The molecule has 2 N–H and O–H groups in total. The zero-order chi connectivity index (χ0) is 12.8. The minimum absolute atomic E-state index is 0.306. The fourth-order valence-electron chi connectivity index (χ4n) is 1.53. The Morgan fingerprint density at radius 2 is 2.41 bits per heavy atom. The van der Waals surface area contributed by atoms with Crippen LogP contribution in [0.1, 0.15) is 12.8 Å². The van der Waals surface area contributed by atoms with Crippen molar-refractivity contribution in [3.05, 3.63) is 34.6 Å². The Balaban J connectivity index is 3.06. The molecule has 1 aliphatic rings. The molecule has 1 amide bonds. The van der Waals surface area contributed by atoms with Gasteiger partial charge in [-0.15, -0.1) is 0 Å². The molecule has 0 fully saturated rings. The van der Waals surface area contributed by atoms with Crippen molar-refractivity contribution in [1.29, 1.82) is 0 Å². The van der Waals surface area contributed by atoms with Crippen molar-refractivity contribution in [2.75, 3.05) is 7.05 Å². The van der Waals surface area contributed by atoms with E-state index in [0.717, 1.165) is 0 Å². The van der Waals surface area contributed by atoms with Gasteiger partial charge in [0.2, 0.25) is 5.91 Å². The molecule has 1 aliphatic heterocycles. The Kier molecular flexibility index (Phi) is 4.30. The van der Waals surface area contributed by atoms with Gasteiger partial charge in [0.25, 0.3) is 0 Å². The lowest BCUT2D eigenvalue weighted by molar-refractivity contribution is -0.129. The third kappa shape index (κ3) is 2.85. The molecule has 1 rings (SSSR count). The molecule has 0 bridgehead atoms. The molecule has 1 heterocycles. The van der Waals surface area contributed by atoms with E-state index in [4.69, 9.17) is 11.3 Å². The highest BCUT2D eigenvalue weighted by molar-refractivity contribution is 5.84. The van der Waals surface area contributed by atoms with Gasteiger partial charge in [-0.05, 0) is 18.4 Å². The maximum atomic E-state index is 11.9. The van der Waals surface area contributed by atoms with Crippen molar-refractivity contribution < 1.29 is 4.79 Å². The average molecular weight is 234 g/mol. The van der Waals surface area contributed by atoms with Crippen LogP contribution in [-0.2, 0) is 4.79 Å². The minimum Gasteiger partial charge on any atom is -0.399 e. The van der Waals surface area contributed by atoms with Crippen molar-refractivity contribution in [3.63, 3.8) is 0 Å². The molecule has 0 saturated carbocycles. The minimum atomic E-state index is -0.722. The molecule has 1 unspecified atom stereocenters. The topological polar surface area (TPSA) is 107 Å². The van der Waals surface area contributed by atoms with Crippen LogP contribution in [0.5, 0.6) is 0 Å². The summed E-state index contributed by atoms with van der Waals surface area (Å²) in [6, 6.07) is -0.722. The van der Waals surface area contributed by atoms with E-state index in [0.29, 0.717) is 24.4 Å². The Labute approximate surface area is 98.9 Å². The third-order valence-corrected chi connectivity index (χ3v) is 2.40. The Morgan fingerprint density at radius 3 is 3.00 bits per heavy atom. The lowest BCUT2D eigenvalue weighted by Crippen LogP contribution is -2.33. The summed E-state index contributed by atoms with van der Waals surface area (Å²) in [7, 11) is 1.55. The molecule has 7 heteroatoms. The van der Waals surface area contributed by atoms with Crippen LogP contribution < -0.4 is 5.73 Å². The molecular weight excluding hydrogens is 220 g/mol. The van der Waals surface area contributed by atoms with Gasteiger partial charge in [0.05, 0.1) is 5.70 Å². The largest absolute Gasteiger partial charge is 0.399 e. The van der Waals surface area contributed by atoms with Gasteiger partial charge in [0.15, 0.2) is 5.82 Å². The van der Waals surface area contributed by atoms with Crippen molar-refractivity contribution in [2.24, 2.45) is 15.8 Å². The first-order valence-corrected chi connectivity index (χ1v) is 5.07. The summed E-state index contributed by atoms with van der Waals surface area (Å²) in [6.45, 7) is 3.50. The average Bonchev–Trinajstić information content (AvgIpc) is 2.41. The Morgan fingerprint density at radius 1 is 1.71 bits per heavy atom. The molecule has 0 spiro atoms. The van der Waals surface area contributed by atoms with Gasteiger partial charge in [-0.25, -0.2) is 4.99 Å². The number of amides is 1. The van der Waals surface area contributed by atoms with E-state index in [1.807, 2.05) is 0 Å². The molecule has 7 nitrogen and oxygen atoms in total. The standard InChI is InChI=1S/C10H14N6O/c1-3-6-13-9-7(11)4-5-8(14-15-12)10(17)16(9)2/h3,6,8H,1,4-5,11H2,2H3/b13-6-. The van der Waals surface area contributed by atoms with E-state index in [2.05, 4.69) is 21.6 Å². The van der Waals surface area contributed by atoms with Gasteiger partial charge in [-0.2, -0.15) is 0 Å². The first-order valence-electron chi connectivity index (χ1n) is 5.07. The van der Waals surface area contributed by atoms with E-state index < -0.39 is 6.04 Å². The Hall–Kier alpha value is -2.27. The van der Waals surface area contributed by atoms with Crippen molar-refractivity contribution in [1.82, 2.24) is 4.90 Å². The second kappa shape index (κ2) is 5.72. The highest BCUT2D eigenvalue weighted by atomic mass is 16.2. The van der Waals surface area contributed by atoms with Gasteiger partial charge in [-0.3, -0.25) is 9.69 Å². The Bertz CT molecular complexity index is 432. The molecule has 0 aromatic rings. The number of hydrogen-bond donors (Lipinski definition) is 1. The van der Waals surface area contributed by atoms with Gasteiger partial charge in [0, 0.05) is 18.2 Å². The first kappa shape index (κ1) is 12.8. The van der Waals surface area contributed by atoms with Crippen LogP contribution in [-0.4, -0.2) is 30.1 Å². The first-order chi connectivity index (χ1) is 8.11. The van der Waals surface area contributed by atoms with Gasteiger partial charge in [0.1, 0.15) is 6.04 Å². The number of aliphatic imine (C=N–C) groups is 1. The molecule has 17 heavy (non-hydrogen) atoms. The number of likely N-dealkylation sites (N-methyl/N-ethyl adjacent to an activating group) is 1. The summed E-state index contributed by atoms with van der Waals surface area (Å²) in [5.74, 6) is 0.0741. The normalized spacial score (nSPS) is 21.4. The summed E-state index contributed by atoms with van der Waals surface area (Å²) in [4.78, 5) is 19.9. The smallest absolute Gasteiger partial charge is 0.236 e. The lowest BCUT2D eigenvalue weighted by Gasteiger charge is -2.18. The van der Waals surface area contributed by atoms with Crippen LogP contribution in [0.25, 0.3) is 10.4 Å². The molecular formula is C10H14N6O. The van der Waals surface area contributed by atoms with Crippen molar-refractivity contribution in [3.8, 4) is 0 Å². The van der Waals surface area contributed by atoms with Gasteiger partial charge >= 0.3 is 0 Å². The summed E-state index contributed by atoms with van der Waals surface area (Å²) >= 11 is 0. The quantitative estimate of drug-likeness (QED) is 0.344. The number of azide groups is 1. The molecule has 0 aromatic carbocycles. The monoisotopic (exact) mass is 234 g/mol. The van der Waals surface area contributed by atoms with Crippen molar-refractivity contribution in [2.45, 2.75) is 18.9 Å². The zero-order valence-corrected chi connectivity index (χ0v) is 9.58. The van der Waals surface area contributed by atoms with Crippen LogP contribution in [0.15, 0.2) is 34.3 Å². The number of carbonyl (C=O) groups is 1.